The number of benzene rings is 2. The molecule has 1 atom stereocenters. The van der Waals surface area contributed by atoms with Gasteiger partial charge in [-0.1, -0.05) is 12.1 Å². The topological polar surface area (TPSA) is 35.5 Å². The maximum absolute atomic E-state index is 14.1. The van der Waals surface area contributed by atoms with Gasteiger partial charge in [-0.15, -0.1) is 0 Å². The van der Waals surface area contributed by atoms with Gasteiger partial charge in [0, 0.05) is 6.08 Å². The van der Waals surface area contributed by atoms with Crippen molar-refractivity contribution >= 4 is 11.5 Å². The van der Waals surface area contributed by atoms with Crippen LogP contribution >= 0.6 is 0 Å². The lowest BCUT2D eigenvalue weighted by Crippen LogP contribution is -2.08. The highest BCUT2D eigenvalue weighted by Crippen LogP contribution is 2.29. The van der Waals surface area contributed by atoms with E-state index in [4.69, 9.17) is 4.74 Å². The molecule has 2 aromatic carbocycles. The molecular formula is C18H13F5O3. The number of methoxy groups -OCH3 is 1. The summed E-state index contributed by atoms with van der Waals surface area (Å²) in [7, 11) is 1.23. The Balaban J connectivity index is 2.19. The lowest BCUT2D eigenvalue weighted by atomic mass is 10.1. The molecule has 0 aromatic heterocycles. The van der Waals surface area contributed by atoms with E-state index in [0.29, 0.717) is 11.1 Å². The maximum Gasteiger partial charge on any atom is 0.330 e. The van der Waals surface area contributed by atoms with Gasteiger partial charge in [-0.2, -0.15) is 4.39 Å². The van der Waals surface area contributed by atoms with Crippen LogP contribution in [-0.2, 0) is 9.53 Å². The molecule has 0 aliphatic rings. The molecular weight excluding hydrogens is 359 g/mol. The fraction of sp³-hybridized carbons (Fsp3) is 0.167. The molecule has 0 spiro atoms. The molecule has 0 aliphatic carbocycles. The molecule has 8 heteroatoms. The Labute approximate surface area is 145 Å². The van der Waals surface area contributed by atoms with E-state index in [9.17, 15) is 26.7 Å². The summed E-state index contributed by atoms with van der Waals surface area (Å²) in [5.41, 5.74) is 0.0596. The maximum atomic E-state index is 14.1. The highest BCUT2D eigenvalue weighted by atomic mass is 19.2. The van der Waals surface area contributed by atoms with Crippen LogP contribution < -0.4 is 4.74 Å². The summed E-state index contributed by atoms with van der Waals surface area (Å²) < 4.78 is 76.1. The Morgan fingerprint density at radius 1 is 1.04 bits per heavy atom. The van der Waals surface area contributed by atoms with Crippen molar-refractivity contribution in [1.82, 2.24) is 0 Å². The Morgan fingerprint density at radius 3 is 2.23 bits per heavy atom. The third-order valence-corrected chi connectivity index (χ3v) is 3.46. The third kappa shape index (κ3) is 4.19. The van der Waals surface area contributed by atoms with Gasteiger partial charge in [-0.3, -0.25) is 0 Å². The Morgan fingerprint density at radius 2 is 1.65 bits per heavy atom. The number of halogens is 5. The highest BCUT2D eigenvalue weighted by Gasteiger charge is 2.25. The van der Waals surface area contributed by atoms with Crippen LogP contribution in [0.25, 0.3) is 5.57 Å². The standard InChI is InChI=1S/C18H13F5O3/c1-9(7-14(24)25-2)10-3-5-11(6-4-10)26-18(23)12-8-13(19)16(21)17(22)15(12)20/h3-8,18H,1-2H3. The molecule has 0 fully saturated rings. The zero-order chi connectivity index (χ0) is 19.4. The van der Waals surface area contributed by atoms with Crippen molar-refractivity contribution in [1.29, 1.82) is 0 Å². The van der Waals surface area contributed by atoms with Gasteiger partial charge in [0.2, 0.25) is 0 Å². The van der Waals surface area contributed by atoms with E-state index in [0.717, 1.165) is 0 Å². The molecule has 0 saturated heterocycles. The lowest BCUT2D eigenvalue weighted by molar-refractivity contribution is -0.134. The second-order valence-electron chi connectivity index (χ2n) is 5.20. The first-order valence-electron chi connectivity index (χ1n) is 7.25. The zero-order valence-electron chi connectivity index (χ0n) is 13.7. The molecule has 0 radical (unpaired) electrons. The van der Waals surface area contributed by atoms with Crippen molar-refractivity contribution in [2.75, 3.05) is 7.11 Å². The number of carbonyl (C=O) groups is 1. The summed E-state index contributed by atoms with van der Waals surface area (Å²) in [5, 5.41) is 0. The van der Waals surface area contributed by atoms with Crippen molar-refractivity contribution in [3.63, 3.8) is 0 Å². The van der Waals surface area contributed by atoms with Crippen molar-refractivity contribution in [2.45, 2.75) is 13.3 Å². The van der Waals surface area contributed by atoms with Crippen molar-refractivity contribution < 1.29 is 36.2 Å². The minimum atomic E-state index is -2.56. The van der Waals surface area contributed by atoms with Crippen molar-refractivity contribution in [2.24, 2.45) is 0 Å². The van der Waals surface area contributed by atoms with Crippen LogP contribution in [-0.4, -0.2) is 13.1 Å². The first-order chi connectivity index (χ1) is 12.2. The molecule has 0 heterocycles. The van der Waals surface area contributed by atoms with E-state index < -0.39 is 41.2 Å². The van der Waals surface area contributed by atoms with E-state index in [2.05, 4.69) is 4.74 Å². The predicted octanol–water partition coefficient (Wildman–Crippen LogP) is 4.87. The Hall–Kier alpha value is -2.90. The summed E-state index contributed by atoms with van der Waals surface area (Å²) in [4.78, 5) is 11.2. The number of rotatable bonds is 5. The van der Waals surface area contributed by atoms with Crippen LogP contribution in [0.1, 0.15) is 24.4 Å². The van der Waals surface area contributed by atoms with Crippen LogP contribution in [0.3, 0.4) is 0 Å². The summed E-state index contributed by atoms with van der Waals surface area (Å²) >= 11 is 0. The number of hydrogen-bond acceptors (Lipinski definition) is 3. The minimum absolute atomic E-state index is 0.0725. The van der Waals surface area contributed by atoms with Gasteiger partial charge >= 0.3 is 5.97 Å². The number of esters is 1. The molecule has 26 heavy (non-hydrogen) atoms. The number of allylic oxidation sites excluding steroid dienone is 1. The SMILES string of the molecule is COC(=O)C=C(C)c1ccc(OC(F)c2cc(F)c(F)c(F)c2F)cc1. The fourth-order valence-corrected chi connectivity index (χ4v) is 2.05. The van der Waals surface area contributed by atoms with E-state index in [-0.39, 0.29) is 11.8 Å². The van der Waals surface area contributed by atoms with Gasteiger partial charge in [-0.05, 0) is 36.3 Å². The van der Waals surface area contributed by atoms with Crippen molar-refractivity contribution in [3.8, 4) is 5.75 Å². The second-order valence-corrected chi connectivity index (χ2v) is 5.20. The predicted molar refractivity (Wildman–Crippen MR) is 82.9 cm³/mol. The monoisotopic (exact) mass is 372 g/mol. The average molecular weight is 372 g/mol. The van der Waals surface area contributed by atoms with Gasteiger partial charge in [0.25, 0.3) is 6.36 Å². The Bertz CT molecular complexity index is 847. The first-order valence-corrected chi connectivity index (χ1v) is 7.25. The van der Waals surface area contributed by atoms with Gasteiger partial charge in [0.15, 0.2) is 23.3 Å². The molecule has 0 saturated carbocycles. The van der Waals surface area contributed by atoms with Crippen LogP contribution in [0.15, 0.2) is 36.4 Å². The molecule has 0 amide bonds. The molecule has 0 aliphatic heterocycles. The molecule has 138 valence electrons. The quantitative estimate of drug-likeness (QED) is 0.247. The van der Waals surface area contributed by atoms with Crippen LogP contribution in [0.5, 0.6) is 5.75 Å². The molecule has 2 rings (SSSR count). The molecule has 0 N–H and O–H groups in total. The molecule has 3 nitrogen and oxygen atoms in total. The lowest BCUT2D eigenvalue weighted by Gasteiger charge is -2.14. The van der Waals surface area contributed by atoms with Gasteiger partial charge in [-0.25, -0.2) is 22.4 Å². The summed E-state index contributed by atoms with van der Waals surface area (Å²) in [6.45, 7) is 1.64. The zero-order valence-corrected chi connectivity index (χ0v) is 13.7. The van der Waals surface area contributed by atoms with Crippen LogP contribution in [0.2, 0.25) is 0 Å². The number of ether oxygens (including phenoxy) is 2. The summed E-state index contributed by atoms with van der Waals surface area (Å²) in [6, 6.07) is 5.78. The average Bonchev–Trinajstić information content (AvgIpc) is 2.63. The van der Waals surface area contributed by atoms with E-state index in [1.165, 1.54) is 37.5 Å². The van der Waals surface area contributed by atoms with Crippen LogP contribution in [0, 0.1) is 23.3 Å². The largest absolute Gasteiger partial charge is 0.466 e. The van der Waals surface area contributed by atoms with Gasteiger partial charge in [0.1, 0.15) is 5.75 Å². The number of alkyl halides is 1. The summed E-state index contributed by atoms with van der Waals surface area (Å²) in [5.74, 6) is -8.38. The highest BCUT2D eigenvalue weighted by molar-refractivity contribution is 5.90. The molecule has 1 unspecified atom stereocenters. The van der Waals surface area contributed by atoms with Crippen molar-refractivity contribution in [3.05, 3.63) is 70.8 Å². The van der Waals surface area contributed by atoms with E-state index >= 15 is 0 Å². The smallest absolute Gasteiger partial charge is 0.330 e. The fourth-order valence-electron chi connectivity index (χ4n) is 2.05. The Kier molecular flexibility index (Phi) is 5.97. The van der Waals surface area contributed by atoms with Gasteiger partial charge < -0.3 is 9.47 Å². The van der Waals surface area contributed by atoms with E-state index in [1.807, 2.05) is 0 Å². The third-order valence-electron chi connectivity index (χ3n) is 3.46. The second kappa shape index (κ2) is 7.99. The summed E-state index contributed by atoms with van der Waals surface area (Å²) in [6.07, 6.45) is -1.31. The van der Waals surface area contributed by atoms with E-state index in [1.54, 1.807) is 6.92 Å². The van der Waals surface area contributed by atoms with Crippen LogP contribution in [0.4, 0.5) is 22.0 Å². The number of hydrogen-bond donors (Lipinski definition) is 0. The minimum Gasteiger partial charge on any atom is -0.466 e. The normalized spacial score (nSPS) is 12.7. The molecule has 2 aromatic rings. The molecule has 0 bridgehead atoms. The first kappa shape index (κ1) is 19.4. The number of carbonyl (C=O) groups excluding carboxylic acids is 1. The van der Waals surface area contributed by atoms with Gasteiger partial charge in [0.05, 0.1) is 12.7 Å².